The number of rotatable bonds is 1. The third kappa shape index (κ3) is 3.70. The number of alkyl halides is 3. The Morgan fingerprint density at radius 2 is 1.80 bits per heavy atom. The van der Waals surface area contributed by atoms with Crippen molar-refractivity contribution in [2.75, 3.05) is 0 Å². The van der Waals surface area contributed by atoms with Crippen LogP contribution in [0, 0.1) is 0 Å². The van der Waals surface area contributed by atoms with Crippen LogP contribution in [0.3, 0.4) is 0 Å². The Labute approximate surface area is 85.7 Å². The Morgan fingerprint density at radius 1 is 1.20 bits per heavy atom. The molecule has 3 nitrogen and oxygen atoms in total. The van der Waals surface area contributed by atoms with Crippen molar-refractivity contribution < 1.29 is 23.1 Å². The normalized spacial score (nSPS) is 28.3. The molecule has 2 unspecified atom stereocenters. The van der Waals surface area contributed by atoms with Gasteiger partial charge in [0.2, 0.25) is 0 Å². The largest absolute Gasteiger partial charge is 0.471 e. The van der Waals surface area contributed by atoms with Crippen molar-refractivity contribution in [1.29, 1.82) is 0 Å². The van der Waals surface area contributed by atoms with Crippen LogP contribution in [0.5, 0.6) is 0 Å². The predicted molar refractivity (Wildman–Crippen MR) is 47.1 cm³/mol. The van der Waals surface area contributed by atoms with Gasteiger partial charge in [0.05, 0.1) is 12.1 Å². The van der Waals surface area contributed by atoms with Gasteiger partial charge in [-0.05, 0) is 12.8 Å². The van der Waals surface area contributed by atoms with Gasteiger partial charge in [-0.25, -0.2) is 0 Å². The number of aliphatic hydroxyl groups is 1. The molecule has 0 spiro atoms. The fraction of sp³-hybridized carbons (Fsp3) is 0.889. The molecule has 0 aromatic carbocycles. The first-order valence-electron chi connectivity index (χ1n) is 4.97. The van der Waals surface area contributed by atoms with Gasteiger partial charge in [-0.1, -0.05) is 19.3 Å². The van der Waals surface area contributed by atoms with E-state index >= 15 is 0 Å². The smallest absolute Gasteiger partial charge is 0.391 e. The number of nitrogens with one attached hydrogen (secondary N) is 1. The van der Waals surface area contributed by atoms with E-state index in [4.69, 9.17) is 0 Å². The summed E-state index contributed by atoms with van der Waals surface area (Å²) >= 11 is 0. The number of amides is 1. The molecule has 0 bridgehead atoms. The molecule has 2 N–H and O–H groups in total. The lowest BCUT2D eigenvalue weighted by molar-refractivity contribution is -0.175. The molecule has 1 aliphatic rings. The molecular formula is C9H14F3NO2. The Balaban J connectivity index is 2.52. The van der Waals surface area contributed by atoms with E-state index in [9.17, 15) is 23.1 Å². The Morgan fingerprint density at radius 3 is 2.40 bits per heavy atom. The summed E-state index contributed by atoms with van der Waals surface area (Å²) in [7, 11) is 0. The molecule has 1 saturated carbocycles. The molecule has 0 aliphatic heterocycles. The zero-order valence-corrected chi connectivity index (χ0v) is 8.18. The number of hydrogen-bond acceptors (Lipinski definition) is 2. The minimum atomic E-state index is -4.87. The second-order valence-electron chi connectivity index (χ2n) is 3.78. The van der Waals surface area contributed by atoms with Crippen molar-refractivity contribution in [3.05, 3.63) is 0 Å². The fourth-order valence-electron chi connectivity index (χ4n) is 1.71. The molecule has 1 amide bonds. The highest BCUT2D eigenvalue weighted by Crippen LogP contribution is 2.20. The first kappa shape index (κ1) is 12.3. The zero-order chi connectivity index (χ0) is 11.5. The predicted octanol–water partition coefficient (Wildman–Crippen LogP) is 1.36. The Bertz CT molecular complexity index is 230. The molecule has 0 heterocycles. The maximum absolute atomic E-state index is 11.9. The highest BCUT2D eigenvalue weighted by atomic mass is 19.4. The molecule has 88 valence electrons. The van der Waals surface area contributed by atoms with E-state index in [1.807, 2.05) is 5.32 Å². The maximum Gasteiger partial charge on any atom is 0.471 e. The van der Waals surface area contributed by atoms with Crippen molar-refractivity contribution in [3.63, 3.8) is 0 Å². The third-order valence-corrected chi connectivity index (χ3v) is 2.55. The lowest BCUT2D eigenvalue weighted by Crippen LogP contribution is -2.48. The topological polar surface area (TPSA) is 49.3 Å². The average molecular weight is 225 g/mol. The Kier molecular flexibility index (Phi) is 3.96. The van der Waals surface area contributed by atoms with Gasteiger partial charge < -0.3 is 10.4 Å². The lowest BCUT2D eigenvalue weighted by Gasteiger charge is -2.22. The maximum atomic E-state index is 11.9. The molecule has 1 rings (SSSR count). The molecule has 1 fully saturated rings. The van der Waals surface area contributed by atoms with E-state index in [1.54, 1.807) is 0 Å². The summed E-state index contributed by atoms with van der Waals surface area (Å²) in [4.78, 5) is 10.6. The van der Waals surface area contributed by atoms with Crippen molar-refractivity contribution in [2.45, 2.75) is 50.4 Å². The summed E-state index contributed by atoms with van der Waals surface area (Å²) in [6.07, 6.45) is -2.47. The molecule has 0 aromatic rings. The number of halogens is 3. The fourth-order valence-corrected chi connectivity index (χ4v) is 1.71. The lowest BCUT2D eigenvalue weighted by atomic mass is 10.1. The minimum absolute atomic E-state index is 0.406. The molecule has 15 heavy (non-hydrogen) atoms. The van der Waals surface area contributed by atoms with Crippen molar-refractivity contribution >= 4 is 5.91 Å². The number of carbonyl (C=O) groups is 1. The van der Waals surface area contributed by atoms with Crippen molar-refractivity contribution in [1.82, 2.24) is 5.32 Å². The van der Waals surface area contributed by atoms with Gasteiger partial charge in [0, 0.05) is 0 Å². The quantitative estimate of drug-likeness (QED) is 0.662. The molecule has 2 atom stereocenters. The van der Waals surface area contributed by atoms with E-state index in [1.165, 1.54) is 0 Å². The van der Waals surface area contributed by atoms with Gasteiger partial charge in [-0.15, -0.1) is 0 Å². The Hall–Kier alpha value is -0.780. The SMILES string of the molecule is O=C(NC1CCCCCC1O)C(F)(F)F. The van der Waals surface area contributed by atoms with E-state index in [0.29, 0.717) is 12.8 Å². The van der Waals surface area contributed by atoms with E-state index in [0.717, 1.165) is 19.3 Å². The van der Waals surface area contributed by atoms with Crippen LogP contribution in [0.25, 0.3) is 0 Å². The van der Waals surface area contributed by atoms with Crippen LogP contribution in [0.15, 0.2) is 0 Å². The summed E-state index contributed by atoms with van der Waals surface area (Å²) in [6, 6.07) is -0.762. The van der Waals surface area contributed by atoms with E-state index in [-0.39, 0.29) is 0 Å². The zero-order valence-electron chi connectivity index (χ0n) is 8.18. The van der Waals surface area contributed by atoms with Crippen molar-refractivity contribution in [3.8, 4) is 0 Å². The first-order valence-corrected chi connectivity index (χ1v) is 4.97. The van der Waals surface area contributed by atoms with Gasteiger partial charge in [0.1, 0.15) is 0 Å². The monoisotopic (exact) mass is 225 g/mol. The number of carbonyl (C=O) groups excluding carboxylic acids is 1. The van der Waals surface area contributed by atoms with E-state index < -0.39 is 24.2 Å². The van der Waals surface area contributed by atoms with Gasteiger partial charge in [0.15, 0.2) is 0 Å². The van der Waals surface area contributed by atoms with Crippen LogP contribution in [0.2, 0.25) is 0 Å². The van der Waals surface area contributed by atoms with Gasteiger partial charge in [-0.3, -0.25) is 4.79 Å². The van der Waals surface area contributed by atoms with Crippen LogP contribution in [0.1, 0.15) is 32.1 Å². The van der Waals surface area contributed by atoms with Crippen LogP contribution < -0.4 is 5.32 Å². The van der Waals surface area contributed by atoms with Crippen LogP contribution in [0.4, 0.5) is 13.2 Å². The highest BCUT2D eigenvalue weighted by Gasteiger charge is 2.40. The second kappa shape index (κ2) is 4.83. The van der Waals surface area contributed by atoms with Crippen LogP contribution >= 0.6 is 0 Å². The minimum Gasteiger partial charge on any atom is -0.391 e. The average Bonchev–Trinajstić information content (AvgIpc) is 2.30. The standard InChI is InChI=1S/C9H14F3NO2/c10-9(11,12)8(15)13-6-4-2-1-3-5-7(6)14/h6-7,14H,1-5H2,(H,13,15). The summed E-state index contributed by atoms with van der Waals surface area (Å²) in [5, 5.41) is 11.3. The summed E-state index contributed by atoms with van der Waals surface area (Å²) < 4.78 is 35.8. The molecule has 0 saturated heterocycles. The number of hydrogen-bond donors (Lipinski definition) is 2. The summed E-state index contributed by atoms with van der Waals surface area (Å²) in [5.74, 6) is -1.96. The van der Waals surface area contributed by atoms with Crippen molar-refractivity contribution in [2.24, 2.45) is 0 Å². The molecule has 0 aromatic heterocycles. The highest BCUT2D eigenvalue weighted by molar-refractivity contribution is 5.81. The van der Waals surface area contributed by atoms with Crippen LogP contribution in [-0.4, -0.2) is 29.3 Å². The van der Waals surface area contributed by atoms with E-state index in [2.05, 4.69) is 0 Å². The first-order chi connectivity index (χ1) is 6.91. The van der Waals surface area contributed by atoms with Gasteiger partial charge in [0.25, 0.3) is 0 Å². The third-order valence-electron chi connectivity index (χ3n) is 2.55. The molecule has 1 aliphatic carbocycles. The second-order valence-corrected chi connectivity index (χ2v) is 3.78. The molecule has 6 heteroatoms. The summed E-state index contributed by atoms with van der Waals surface area (Å²) in [6.45, 7) is 0. The van der Waals surface area contributed by atoms with Gasteiger partial charge >= 0.3 is 12.1 Å². The molecular weight excluding hydrogens is 211 g/mol. The summed E-state index contributed by atoms with van der Waals surface area (Å²) in [5.41, 5.74) is 0. The van der Waals surface area contributed by atoms with Gasteiger partial charge in [-0.2, -0.15) is 13.2 Å². The molecule has 0 radical (unpaired) electrons. The number of aliphatic hydroxyl groups excluding tert-OH is 1. The van der Waals surface area contributed by atoms with Crippen LogP contribution in [-0.2, 0) is 4.79 Å².